The molecule has 3 rings (SSSR count). The van der Waals surface area contributed by atoms with Gasteiger partial charge in [-0.3, -0.25) is 4.79 Å². The van der Waals surface area contributed by atoms with Crippen molar-refractivity contribution < 1.29 is 9.53 Å². The maximum Gasteiger partial charge on any atom is 0.257 e. The van der Waals surface area contributed by atoms with E-state index in [1.54, 1.807) is 0 Å². The van der Waals surface area contributed by atoms with Crippen LogP contribution < -0.4 is 4.74 Å². The molecule has 2 saturated heterocycles. The minimum absolute atomic E-state index is 0.128. The van der Waals surface area contributed by atoms with Gasteiger partial charge in [-0.1, -0.05) is 12.1 Å². The normalized spacial score (nSPS) is 24.2. The highest BCUT2D eigenvalue weighted by Crippen LogP contribution is 2.31. The van der Waals surface area contributed by atoms with Gasteiger partial charge in [-0.25, -0.2) is 0 Å². The molecular formula is C20H31N3O2. The number of carbonyl (C=O) groups is 1. The summed E-state index contributed by atoms with van der Waals surface area (Å²) in [7, 11) is 6.23. The average molecular weight is 345 g/mol. The second-order valence-corrected chi connectivity index (χ2v) is 7.55. The van der Waals surface area contributed by atoms with Crippen molar-refractivity contribution in [2.45, 2.75) is 37.8 Å². The first-order chi connectivity index (χ1) is 12.1. The van der Waals surface area contributed by atoms with Gasteiger partial charge in [-0.05, 0) is 65.5 Å². The molecule has 1 amide bonds. The van der Waals surface area contributed by atoms with Gasteiger partial charge < -0.3 is 19.4 Å². The van der Waals surface area contributed by atoms with E-state index in [4.69, 9.17) is 4.74 Å². The van der Waals surface area contributed by atoms with Gasteiger partial charge in [0.15, 0.2) is 0 Å². The molecule has 2 heterocycles. The number of ether oxygens (including phenoxy) is 1. The Morgan fingerprint density at radius 3 is 2.60 bits per heavy atom. The third kappa shape index (κ3) is 4.15. The Kier molecular flexibility index (Phi) is 5.97. The SMILES string of the molecule is CN(C)CCOc1ccccc1C(=O)N1CCC[C@@H]1[C@H]1CCCN1C. The van der Waals surface area contributed by atoms with Crippen molar-refractivity contribution in [2.24, 2.45) is 0 Å². The van der Waals surface area contributed by atoms with E-state index >= 15 is 0 Å². The van der Waals surface area contributed by atoms with Crippen molar-refractivity contribution in [1.82, 2.24) is 14.7 Å². The summed E-state index contributed by atoms with van der Waals surface area (Å²) in [5.41, 5.74) is 0.703. The molecule has 2 fully saturated rings. The fraction of sp³-hybridized carbons (Fsp3) is 0.650. The van der Waals surface area contributed by atoms with E-state index in [9.17, 15) is 4.79 Å². The summed E-state index contributed by atoms with van der Waals surface area (Å²) in [5, 5.41) is 0. The molecule has 0 spiro atoms. The molecule has 2 atom stereocenters. The summed E-state index contributed by atoms with van der Waals surface area (Å²) in [6, 6.07) is 8.53. The molecule has 25 heavy (non-hydrogen) atoms. The zero-order valence-electron chi connectivity index (χ0n) is 15.8. The molecular weight excluding hydrogens is 314 g/mol. The molecule has 2 aliphatic rings. The third-order valence-electron chi connectivity index (χ3n) is 5.49. The predicted octanol–water partition coefficient (Wildman–Crippen LogP) is 2.33. The molecule has 2 aliphatic heterocycles. The zero-order chi connectivity index (χ0) is 17.8. The Bertz CT molecular complexity index is 590. The van der Waals surface area contributed by atoms with Crippen LogP contribution in [0.3, 0.4) is 0 Å². The quantitative estimate of drug-likeness (QED) is 0.793. The molecule has 5 nitrogen and oxygen atoms in total. The van der Waals surface area contributed by atoms with Gasteiger partial charge in [0.25, 0.3) is 5.91 Å². The van der Waals surface area contributed by atoms with Crippen LogP contribution in [0.4, 0.5) is 0 Å². The number of nitrogens with zero attached hydrogens (tertiary/aromatic N) is 3. The van der Waals surface area contributed by atoms with Crippen molar-refractivity contribution in [3.63, 3.8) is 0 Å². The fourth-order valence-electron chi connectivity index (χ4n) is 4.13. The van der Waals surface area contributed by atoms with Crippen LogP contribution in [0.1, 0.15) is 36.0 Å². The zero-order valence-corrected chi connectivity index (χ0v) is 15.8. The highest BCUT2D eigenvalue weighted by atomic mass is 16.5. The van der Waals surface area contributed by atoms with Crippen LogP contribution in [0.2, 0.25) is 0 Å². The van der Waals surface area contributed by atoms with Crippen molar-refractivity contribution in [3.05, 3.63) is 29.8 Å². The minimum Gasteiger partial charge on any atom is -0.491 e. The first-order valence-electron chi connectivity index (χ1n) is 9.45. The van der Waals surface area contributed by atoms with Crippen molar-refractivity contribution >= 4 is 5.91 Å². The fourth-order valence-corrected chi connectivity index (χ4v) is 4.13. The van der Waals surface area contributed by atoms with Gasteiger partial charge in [0.05, 0.1) is 5.56 Å². The molecule has 0 bridgehead atoms. The molecule has 0 unspecified atom stereocenters. The highest BCUT2D eigenvalue weighted by Gasteiger charge is 2.39. The Balaban J connectivity index is 1.73. The first kappa shape index (κ1) is 18.2. The van der Waals surface area contributed by atoms with Gasteiger partial charge >= 0.3 is 0 Å². The van der Waals surface area contributed by atoms with Crippen LogP contribution in [0.15, 0.2) is 24.3 Å². The van der Waals surface area contributed by atoms with Gasteiger partial charge in [-0.15, -0.1) is 0 Å². The summed E-state index contributed by atoms with van der Waals surface area (Å²) >= 11 is 0. The topological polar surface area (TPSA) is 36.0 Å². The Morgan fingerprint density at radius 1 is 1.16 bits per heavy atom. The highest BCUT2D eigenvalue weighted by molar-refractivity contribution is 5.97. The van der Waals surface area contributed by atoms with Crippen molar-refractivity contribution in [3.8, 4) is 5.75 Å². The molecule has 138 valence electrons. The van der Waals surface area contributed by atoms with Crippen LogP contribution in [0.5, 0.6) is 5.75 Å². The number of rotatable bonds is 6. The summed E-state index contributed by atoms with van der Waals surface area (Å²) in [6.45, 7) is 3.43. The minimum atomic E-state index is 0.128. The number of carbonyl (C=O) groups excluding carboxylic acids is 1. The summed E-state index contributed by atoms with van der Waals surface area (Å²) in [5.74, 6) is 0.836. The summed E-state index contributed by atoms with van der Waals surface area (Å²) in [6.07, 6.45) is 4.66. The summed E-state index contributed by atoms with van der Waals surface area (Å²) in [4.78, 5) is 19.9. The van der Waals surface area contributed by atoms with Crippen LogP contribution in [-0.2, 0) is 0 Å². The number of hydrogen-bond acceptors (Lipinski definition) is 4. The van der Waals surface area contributed by atoms with E-state index in [1.807, 2.05) is 38.4 Å². The molecule has 1 aromatic rings. The molecule has 0 saturated carbocycles. The van der Waals surface area contributed by atoms with E-state index in [-0.39, 0.29) is 5.91 Å². The van der Waals surface area contributed by atoms with E-state index in [0.29, 0.717) is 30.0 Å². The number of likely N-dealkylation sites (N-methyl/N-ethyl adjacent to an activating group) is 2. The van der Waals surface area contributed by atoms with Crippen molar-refractivity contribution in [1.29, 1.82) is 0 Å². The van der Waals surface area contributed by atoms with Gasteiger partial charge in [0.2, 0.25) is 0 Å². The standard InChI is InChI=1S/C20H31N3O2/c1-21(2)14-15-25-19-11-5-4-8-16(19)20(24)23-13-7-10-18(23)17-9-6-12-22(17)3/h4-5,8,11,17-18H,6-7,9-10,12-15H2,1-3H3/t17-,18-/m1/s1. The largest absolute Gasteiger partial charge is 0.491 e. The Morgan fingerprint density at radius 2 is 1.88 bits per heavy atom. The van der Waals surface area contributed by atoms with Crippen molar-refractivity contribution in [2.75, 3.05) is 47.4 Å². The number of hydrogen-bond donors (Lipinski definition) is 0. The molecule has 0 radical (unpaired) electrons. The van der Waals surface area contributed by atoms with Gasteiger partial charge in [0.1, 0.15) is 12.4 Å². The second kappa shape index (κ2) is 8.19. The molecule has 0 aliphatic carbocycles. The van der Waals surface area contributed by atoms with Gasteiger partial charge in [-0.2, -0.15) is 0 Å². The van der Waals surface area contributed by atoms with Crippen LogP contribution in [0.25, 0.3) is 0 Å². The molecule has 5 heteroatoms. The average Bonchev–Trinajstić information content (AvgIpc) is 3.22. The lowest BCUT2D eigenvalue weighted by molar-refractivity contribution is 0.0660. The number of para-hydroxylation sites is 1. The Labute approximate surface area is 151 Å². The van der Waals surface area contributed by atoms with E-state index in [0.717, 1.165) is 32.5 Å². The monoisotopic (exact) mass is 345 g/mol. The van der Waals surface area contributed by atoms with E-state index < -0.39 is 0 Å². The molecule has 0 N–H and O–H groups in total. The number of likely N-dealkylation sites (tertiary alicyclic amines) is 2. The first-order valence-corrected chi connectivity index (χ1v) is 9.45. The van der Waals surface area contributed by atoms with Crippen LogP contribution in [0, 0.1) is 0 Å². The predicted molar refractivity (Wildman–Crippen MR) is 100 cm³/mol. The van der Waals surface area contributed by atoms with Crippen LogP contribution >= 0.6 is 0 Å². The lowest BCUT2D eigenvalue weighted by Crippen LogP contribution is -2.47. The third-order valence-corrected chi connectivity index (χ3v) is 5.49. The molecule has 0 aromatic heterocycles. The van der Waals surface area contributed by atoms with E-state index in [1.165, 1.54) is 12.8 Å². The maximum absolute atomic E-state index is 13.3. The lowest BCUT2D eigenvalue weighted by Gasteiger charge is -2.33. The maximum atomic E-state index is 13.3. The Hall–Kier alpha value is -1.59. The molecule has 1 aromatic carbocycles. The number of amides is 1. The second-order valence-electron chi connectivity index (χ2n) is 7.55. The summed E-state index contributed by atoms with van der Waals surface area (Å²) < 4.78 is 5.91. The van der Waals surface area contributed by atoms with Crippen LogP contribution in [-0.4, -0.2) is 80.1 Å². The number of benzene rings is 1. The van der Waals surface area contributed by atoms with E-state index in [2.05, 4.69) is 21.7 Å². The lowest BCUT2D eigenvalue weighted by atomic mass is 10.0. The smallest absolute Gasteiger partial charge is 0.257 e. The van der Waals surface area contributed by atoms with Gasteiger partial charge in [0, 0.05) is 25.2 Å².